The van der Waals surface area contributed by atoms with Gasteiger partial charge in [-0.1, -0.05) is 18.2 Å². The Labute approximate surface area is 202 Å². The minimum atomic E-state index is -0.795. The number of carbonyl (C=O) groups excluding carboxylic acids is 3. The van der Waals surface area contributed by atoms with Gasteiger partial charge >= 0.3 is 5.97 Å². The highest BCUT2D eigenvalue weighted by Gasteiger charge is 2.44. The number of hydrogen-bond donors (Lipinski definition) is 1. The molecule has 1 N–H and O–H groups in total. The summed E-state index contributed by atoms with van der Waals surface area (Å²) in [6.07, 6.45) is 1.44. The third-order valence-corrected chi connectivity index (χ3v) is 5.71. The van der Waals surface area contributed by atoms with Crippen LogP contribution < -0.4 is 10.2 Å². The number of furan rings is 1. The first-order valence-corrected chi connectivity index (χ1v) is 11.2. The fourth-order valence-corrected chi connectivity index (χ4v) is 4.08. The van der Waals surface area contributed by atoms with Gasteiger partial charge in [0, 0.05) is 5.69 Å². The molecule has 174 valence electrons. The summed E-state index contributed by atoms with van der Waals surface area (Å²) in [4.78, 5) is 41.2. The molecular weight excluding hydrogens is 454 g/mol. The van der Waals surface area contributed by atoms with Gasteiger partial charge in [0.15, 0.2) is 5.11 Å². The summed E-state index contributed by atoms with van der Waals surface area (Å²) in [5, 5.41) is 3.09. The summed E-state index contributed by atoms with van der Waals surface area (Å²) in [6, 6.07) is 18.2. The highest BCUT2D eigenvalue weighted by molar-refractivity contribution is 7.80. The first-order valence-electron chi connectivity index (χ1n) is 10.8. The molecule has 8 nitrogen and oxygen atoms in total. The topological polar surface area (TPSA) is 92.1 Å². The summed E-state index contributed by atoms with van der Waals surface area (Å²) in [5.41, 5.74) is 1.53. The zero-order chi connectivity index (χ0) is 24.1. The predicted octanol–water partition coefficient (Wildman–Crippen LogP) is 3.99. The molecule has 1 atom stereocenters. The number of amides is 2. The molecule has 3 aromatic rings. The minimum absolute atomic E-state index is 0.108. The molecule has 4 rings (SSSR count). The second kappa shape index (κ2) is 10.3. The van der Waals surface area contributed by atoms with Gasteiger partial charge in [-0.15, -0.1) is 0 Å². The average molecular weight is 478 g/mol. The number of para-hydroxylation sites is 1. The van der Waals surface area contributed by atoms with Gasteiger partial charge < -0.3 is 19.4 Å². The zero-order valence-electron chi connectivity index (χ0n) is 18.5. The third-order valence-electron chi connectivity index (χ3n) is 5.30. The van der Waals surface area contributed by atoms with Crippen LogP contribution in [0.25, 0.3) is 0 Å². The largest absolute Gasteiger partial charge is 0.467 e. The first kappa shape index (κ1) is 23.2. The number of benzene rings is 2. The van der Waals surface area contributed by atoms with Crippen LogP contribution in [0.2, 0.25) is 0 Å². The van der Waals surface area contributed by atoms with E-state index in [-0.39, 0.29) is 31.4 Å². The summed E-state index contributed by atoms with van der Waals surface area (Å²) in [5.74, 6) is -0.440. The maximum absolute atomic E-state index is 13.4. The molecule has 1 fully saturated rings. The molecule has 0 saturated carbocycles. The molecule has 9 heteroatoms. The van der Waals surface area contributed by atoms with Crippen molar-refractivity contribution in [3.8, 4) is 0 Å². The molecule has 0 radical (unpaired) electrons. The van der Waals surface area contributed by atoms with E-state index in [9.17, 15) is 14.4 Å². The van der Waals surface area contributed by atoms with Gasteiger partial charge in [0.2, 0.25) is 5.91 Å². The monoisotopic (exact) mass is 477 g/mol. The van der Waals surface area contributed by atoms with E-state index in [1.807, 2.05) is 18.2 Å². The highest BCUT2D eigenvalue weighted by Crippen LogP contribution is 2.29. The van der Waals surface area contributed by atoms with E-state index in [1.165, 1.54) is 4.90 Å². The second-order valence-corrected chi connectivity index (χ2v) is 7.93. The molecule has 1 aliphatic rings. The molecule has 2 amide bonds. The Bertz CT molecular complexity index is 1180. The highest BCUT2D eigenvalue weighted by atomic mass is 32.1. The van der Waals surface area contributed by atoms with Crippen LogP contribution in [0.4, 0.5) is 11.4 Å². The van der Waals surface area contributed by atoms with Crippen LogP contribution in [0.5, 0.6) is 0 Å². The Morgan fingerprint density at radius 3 is 2.44 bits per heavy atom. The number of esters is 1. The van der Waals surface area contributed by atoms with Gasteiger partial charge in [-0.3, -0.25) is 14.5 Å². The lowest BCUT2D eigenvalue weighted by atomic mass is 10.1. The van der Waals surface area contributed by atoms with Crippen molar-refractivity contribution in [3.05, 3.63) is 84.3 Å². The van der Waals surface area contributed by atoms with Crippen LogP contribution in [0.3, 0.4) is 0 Å². The number of rotatable bonds is 8. The van der Waals surface area contributed by atoms with Crippen molar-refractivity contribution < 1.29 is 23.5 Å². The molecule has 0 unspecified atom stereocenters. The van der Waals surface area contributed by atoms with Crippen molar-refractivity contribution in [1.82, 2.24) is 4.90 Å². The standard InChI is InChI=1S/C25H23N3O5S/c1-2-32-24(31)17-10-12-18(13-11-17)26-22(29)15-21-23(30)28(19-7-4-3-5-8-19)25(34)27(21)16-20-9-6-14-33-20/h3-14,21H,2,15-16H2,1H3,(H,26,29)/t21-/m1/s1. The Kier molecular flexibility index (Phi) is 7.03. The molecule has 2 aromatic carbocycles. The normalized spacial score (nSPS) is 15.5. The van der Waals surface area contributed by atoms with Gasteiger partial charge in [-0.25, -0.2) is 4.79 Å². The van der Waals surface area contributed by atoms with E-state index in [2.05, 4.69) is 5.32 Å². The SMILES string of the molecule is CCOC(=O)c1ccc(NC(=O)C[C@@H]2C(=O)N(c3ccccc3)C(=S)N2Cc2ccco2)cc1. The van der Waals surface area contributed by atoms with Crippen LogP contribution >= 0.6 is 12.2 Å². The number of nitrogens with one attached hydrogen (secondary N) is 1. The van der Waals surface area contributed by atoms with Crippen molar-refractivity contribution in [2.75, 3.05) is 16.8 Å². The predicted molar refractivity (Wildman–Crippen MR) is 130 cm³/mol. The van der Waals surface area contributed by atoms with Crippen LogP contribution in [0.1, 0.15) is 29.5 Å². The van der Waals surface area contributed by atoms with Gasteiger partial charge in [-0.05, 0) is 67.7 Å². The lowest BCUT2D eigenvalue weighted by molar-refractivity contribution is -0.124. The quantitative estimate of drug-likeness (QED) is 0.387. The number of hydrogen-bond acceptors (Lipinski definition) is 6. The summed E-state index contributed by atoms with van der Waals surface area (Å²) in [6.45, 7) is 2.27. The number of carbonyl (C=O) groups is 3. The minimum Gasteiger partial charge on any atom is -0.467 e. The van der Waals surface area contributed by atoms with E-state index >= 15 is 0 Å². The smallest absolute Gasteiger partial charge is 0.338 e. The number of nitrogens with zero attached hydrogens (tertiary/aromatic N) is 2. The summed E-state index contributed by atoms with van der Waals surface area (Å²) < 4.78 is 10.4. The first-order chi connectivity index (χ1) is 16.5. The molecule has 34 heavy (non-hydrogen) atoms. The molecule has 1 aliphatic heterocycles. The summed E-state index contributed by atoms with van der Waals surface area (Å²) in [7, 11) is 0. The maximum Gasteiger partial charge on any atom is 0.338 e. The molecule has 0 aliphatic carbocycles. The Morgan fingerprint density at radius 1 is 1.06 bits per heavy atom. The molecule has 2 heterocycles. The van der Waals surface area contributed by atoms with E-state index in [1.54, 1.807) is 66.6 Å². The number of anilines is 2. The van der Waals surface area contributed by atoms with Crippen LogP contribution in [-0.4, -0.2) is 40.4 Å². The van der Waals surface area contributed by atoms with Crippen molar-refractivity contribution in [2.24, 2.45) is 0 Å². The Balaban J connectivity index is 1.50. The molecule has 0 spiro atoms. The van der Waals surface area contributed by atoms with Gasteiger partial charge in [0.25, 0.3) is 5.91 Å². The van der Waals surface area contributed by atoms with Crippen LogP contribution in [0.15, 0.2) is 77.4 Å². The van der Waals surface area contributed by atoms with Crippen molar-refractivity contribution in [2.45, 2.75) is 25.9 Å². The van der Waals surface area contributed by atoms with Gasteiger partial charge in [-0.2, -0.15) is 0 Å². The fourth-order valence-electron chi connectivity index (χ4n) is 3.69. The lowest BCUT2D eigenvalue weighted by Gasteiger charge is -2.22. The average Bonchev–Trinajstić information content (AvgIpc) is 3.43. The van der Waals surface area contributed by atoms with Gasteiger partial charge in [0.05, 0.1) is 37.1 Å². The zero-order valence-corrected chi connectivity index (χ0v) is 19.3. The lowest BCUT2D eigenvalue weighted by Crippen LogP contribution is -2.37. The van der Waals surface area contributed by atoms with E-state index in [4.69, 9.17) is 21.4 Å². The molecule has 1 aromatic heterocycles. The Hall–Kier alpha value is -3.98. The number of ether oxygens (including phenoxy) is 1. The number of thiocarbonyl (C=S) groups is 1. The van der Waals surface area contributed by atoms with Crippen molar-refractivity contribution in [3.63, 3.8) is 0 Å². The van der Waals surface area contributed by atoms with Crippen molar-refractivity contribution >= 4 is 46.5 Å². The van der Waals surface area contributed by atoms with E-state index in [0.29, 0.717) is 27.8 Å². The van der Waals surface area contributed by atoms with Crippen LogP contribution in [-0.2, 0) is 20.9 Å². The third kappa shape index (κ3) is 4.99. The van der Waals surface area contributed by atoms with Gasteiger partial charge in [0.1, 0.15) is 11.8 Å². The molecular formula is C25H23N3O5S. The second-order valence-electron chi connectivity index (χ2n) is 7.56. The Morgan fingerprint density at radius 2 is 1.79 bits per heavy atom. The van der Waals surface area contributed by atoms with E-state index in [0.717, 1.165) is 0 Å². The summed E-state index contributed by atoms with van der Waals surface area (Å²) >= 11 is 5.63. The fraction of sp³-hybridized carbons (Fsp3) is 0.200. The van der Waals surface area contributed by atoms with Crippen molar-refractivity contribution in [1.29, 1.82) is 0 Å². The van der Waals surface area contributed by atoms with E-state index < -0.39 is 12.0 Å². The molecule has 0 bridgehead atoms. The maximum atomic E-state index is 13.4. The van der Waals surface area contributed by atoms with Crippen LogP contribution in [0, 0.1) is 0 Å². The molecule has 1 saturated heterocycles.